The second kappa shape index (κ2) is 4.72. The van der Waals surface area contributed by atoms with Crippen molar-refractivity contribution in [1.29, 1.82) is 0 Å². The number of H-pyrrole nitrogens is 1. The molecule has 0 aliphatic carbocycles. The number of ether oxygens (including phenoxy) is 1. The highest BCUT2D eigenvalue weighted by molar-refractivity contribution is 7.71. The van der Waals surface area contributed by atoms with Crippen LogP contribution in [0, 0.1) is 17.5 Å². The molecule has 2 unspecified atom stereocenters. The number of aryl methyl sites for hydroxylation is 1. The van der Waals surface area contributed by atoms with Gasteiger partial charge in [0, 0.05) is 12.6 Å². The predicted molar refractivity (Wildman–Crippen MR) is 75.5 cm³/mol. The molecule has 0 bridgehead atoms. The van der Waals surface area contributed by atoms with Gasteiger partial charge in [0.1, 0.15) is 5.82 Å². The van der Waals surface area contributed by atoms with Crippen LogP contribution in [-0.2, 0) is 4.74 Å². The molecular formula is C14H17FN2OS. The second-order valence-electron chi connectivity index (χ2n) is 5.28. The Bertz CT molecular complexity index is 676. The first-order valence-electron chi connectivity index (χ1n) is 6.58. The molecule has 2 aromatic rings. The van der Waals surface area contributed by atoms with Gasteiger partial charge < -0.3 is 14.3 Å². The van der Waals surface area contributed by atoms with E-state index >= 15 is 0 Å². The third kappa shape index (κ3) is 2.21. The molecular weight excluding hydrogens is 263 g/mol. The fraction of sp³-hybridized carbons (Fsp3) is 0.500. The van der Waals surface area contributed by atoms with E-state index in [1.54, 1.807) is 6.92 Å². The van der Waals surface area contributed by atoms with Gasteiger partial charge in [0.15, 0.2) is 4.77 Å². The van der Waals surface area contributed by atoms with Crippen LogP contribution in [0.15, 0.2) is 12.1 Å². The van der Waals surface area contributed by atoms with Crippen LogP contribution in [0.3, 0.4) is 0 Å². The molecule has 1 N–H and O–H groups in total. The minimum Gasteiger partial charge on any atom is -0.378 e. The van der Waals surface area contributed by atoms with Crippen molar-refractivity contribution >= 4 is 23.3 Å². The molecule has 0 radical (unpaired) electrons. The molecule has 1 aliphatic heterocycles. The molecule has 1 aromatic heterocycles. The lowest BCUT2D eigenvalue weighted by molar-refractivity contribution is 0.00647. The zero-order chi connectivity index (χ0) is 13.6. The summed E-state index contributed by atoms with van der Waals surface area (Å²) in [6.45, 7) is 4.61. The maximum atomic E-state index is 13.6. The van der Waals surface area contributed by atoms with E-state index in [1.165, 1.54) is 6.07 Å². The number of aromatic nitrogens is 2. The van der Waals surface area contributed by atoms with Gasteiger partial charge in [-0.1, -0.05) is 0 Å². The Kier molecular flexibility index (Phi) is 3.19. The van der Waals surface area contributed by atoms with E-state index in [1.807, 2.05) is 6.07 Å². The van der Waals surface area contributed by atoms with Crippen LogP contribution in [0.4, 0.5) is 4.39 Å². The number of hydrogen-bond donors (Lipinski definition) is 1. The number of hydrogen-bond acceptors (Lipinski definition) is 2. The van der Waals surface area contributed by atoms with Crippen molar-refractivity contribution in [3.8, 4) is 0 Å². The van der Waals surface area contributed by atoms with Crippen LogP contribution in [-0.4, -0.2) is 22.3 Å². The Morgan fingerprint density at radius 1 is 1.47 bits per heavy atom. The zero-order valence-corrected chi connectivity index (χ0v) is 11.9. The Balaban J connectivity index is 2.14. The first-order valence-corrected chi connectivity index (χ1v) is 6.99. The highest BCUT2D eigenvalue weighted by atomic mass is 32.1. The van der Waals surface area contributed by atoms with Gasteiger partial charge in [-0.2, -0.15) is 0 Å². The quantitative estimate of drug-likeness (QED) is 0.803. The average Bonchev–Trinajstić information content (AvgIpc) is 2.65. The molecule has 1 saturated heterocycles. The summed E-state index contributed by atoms with van der Waals surface area (Å²) in [5.41, 5.74) is 2.41. The normalized spacial score (nSPS) is 23.9. The SMILES string of the molecule is Cc1cc2c(cc1F)[nH]c(=S)n2C1CCOC(C)C1. The molecule has 102 valence electrons. The molecule has 5 heteroatoms. The zero-order valence-electron chi connectivity index (χ0n) is 11.1. The van der Waals surface area contributed by atoms with Gasteiger partial charge >= 0.3 is 0 Å². The van der Waals surface area contributed by atoms with E-state index in [0.717, 1.165) is 30.5 Å². The van der Waals surface area contributed by atoms with Gasteiger partial charge in [-0.3, -0.25) is 0 Å². The molecule has 0 spiro atoms. The van der Waals surface area contributed by atoms with Gasteiger partial charge in [0.05, 0.1) is 17.1 Å². The molecule has 1 fully saturated rings. The number of aromatic amines is 1. The Morgan fingerprint density at radius 2 is 2.26 bits per heavy atom. The van der Waals surface area contributed by atoms with E-state index in [4.69, 9.17) is 17.0 Å². The third-order valence-corrected chi connectivity index (χ3v) is 4.12. The lowest BCUT2D eigenvalue weighted by Crippen LogP contribution is -2.25. The van der Waals surface area contributed by atoms with Crippen LogP contribution < -0.4 is 0 Å². The van der Waals surface area contributed by atoms with Gasteiger partial charge in [-0.05, 0) is 56.6 Å². The minimum absolute atomic E-state index is 0.198. The molecule has 1 aliphatic rings. The number of nitrogens with one attached hydrogen (secondary N) is 1. The van der Waals surface area contributed by atoms with Crippen LogP contribution >= 0.6 is 12.2 Å². The Labute approximate surface area is 116 Å². The number of benzene rings is 1. The molecule has 19 heavy (non-hydrogen) atoms. The van der Waals surface area contributed by atoms with Crippen molar-refractivity contribution in [2.24, 2.45) is 0 Å². The Morgan fingerprint density at radius 3 is 3.00 bits per heavy atom. The summed E-state index contributed by atoms with van der Waals surface area (Å²) in [7, 11) is 0. The lowest BCUT2D eigenvalue weighted by atomic mass is 10.0. The highest BCUT2D eigenvalue weighted by Crippen LogP contribution is 2.30. The molecule has 0 amide bonds. The third-order valence-electron chi connectivity index (χ3n) is 3.82. The van der Waals surface area contributed by atoms with Crippen molar-refractivity contribution in [2.45, 2.75) is 38.8 Å². The topological polar surface area (TPSA) is 29.9 Å². The summed E-state index contributed by atoms with van der Waals surface area (Å²) < 4.78 is 22.0. The average molecular weight is 280 g/mol. The molecule has 0 saturated carbocycles. The summed E-state index contributed by atoms with van der Waals surface area (Å²) in [4.78, 5) is 3.10. The smallest absolute Gasteiger partial charge is 0.178 e. The molecule has 3 rings (SSSR count). The van der Waals surface area contributed by atoms with E-state index in [9.17, 15) is 4.39 Å². The van der Waals surface area contributed by atoms with Crippen LogP contribution in [0.2, 0.25) is 0 Å². The number of imidazole rings is 1. The minimum atomic E-state index is -0.198. The molecule has 3 nitrogen and oxygen atoms in total. The monoisotopic (exact) mass is 280 g/mol. The summed E-state index contributed by atoms with van der Waals surface area (Å²) in [5, 5.41) is 0. The van der Waals surface area contributed by atoms with Crippen molar-refractivity contribution in [2.75, 3.05) is 6.61 Å². The molecule has 2 atom stereocenters. The van der Waals surface area contributed by atoms with Gasteiger partial charge in [0.2, 0.25) is 0 Å². The fourth-order valence-corrected chi connectivity index (χ4v) is 3.18. The maximum absolute atomic E-state index is 13.6. The number of rotatable bonds is 1. The van der Waals surface area contributed by atoms with Crippen LogP contribution in [0.5, 0.6) is 0 Å². The summed E-state index contributed by atoms with van der Waals surface area (Å²) in [6, 6.07) is 3.73. The first kappa shape index (κ1) is 12.8. The summed E-state index contributed by atoms with van der Waals surface area (Å²) in [6.07, 6.45) is 2.13. The highest BCUT2D eigenvalue weighted by Gasteiger charge is 2.23. The Hall–Kier alpha value is -1.20. The second-order valence-corrected chi connectivity index (χ2v) is 5.67. The van der Waals surface area contributed by atoms with E-state index in [0.29, 0.717) is 16.4 Å². The van der Waals surface area contributed by atoms with Crippen LogP contribution in [0.1, 0.15) is 31.4 Å². The van der Waals surface area contributed by atoms with Crippen LogP contribution in [0.25, 0.3) is 11.0 Å². The number of fused-ring (bicyclic) bond motifs is 1. The number of nitrogens with zero attached hydrogens (tertiary/aromatic N) is 1. The summed E-state index contributed by atoms with van der Waals surface area (Å²) >= 11 is 5.40. The predicted octanol–water partition coefficient (Wildman–Crippen LogP) is 3.89. The van der Waals surface area contributed by atoms with Crippen molar-refractivity contribution in [3.63, 3.8) is 0 Å². The van der Waals surface area contributed by atoms with Gasteiger partial charge in [0.25, 0.3) is 0 Å². The van der Waals surface area contributed by atoms with E-state index in [2.05, 4.69) is 16.5 Å². The van der Waals surface area contributed by atoms with Gasteiger partial charge in [-0.15, -0.1) is 0 Å². The standard InChI is InChI=1S/C14H17FN2OS/c1-8-5-13-12(7-11(8)15)16-14(19)17(13)10-3-4-18-9(2)6-10/h5,7,9-10H,3-4,6H2,1-2H3,(H,16,19). The maximum Gasteiger partial charge on any atom is 0.178 e. The number of halogens is 1. The lowest BCUT2D eigenvalue weighted by Gasteiger charge is -2.28. The van der Waals surface area contributed by atoms with Crippen molar-refractivity contribution < 1.29 is 9.13 Å². The summed E-state index contributed by atoms with van der Waals surface area (Å²) in [5.74, 6) is -0.198. The molecule has 1 aromatic carbocycles. The van der Waals surface area contributed by atoms with Crippen molar-refractivity contribution in [1.82, 2.24) is 9.55 Å². The van der Waals surface area contributed by atoms with Crippen molar-refractivity contribution in [3.05, 3.63) is 28.3 Å². The van der Waals surface area contributed by atoms with E-state index < -0.39 is 0 Å². The van der Waals surface area contributed by atoms with E-state index in [-0.39, 0.29) is 11.9 Å². The fourth-order valence-electron chi connectivity index (χ4n) is 2.82. The van der Waals surface area contributed by atoms with Gasteiger partial charge in [-0.25, -0.2) is 4.39 Å². The largest absolute Gasteiger partial charge is 0.378 e. The first-order chi connectivity index (χ1) is 9.06. The molecule has 2 heterocycles.